The molecule has 0 atom stereocenters. The van der Waals surface area contributed by atoms with Gasteiger partial charge >= 0.3 is 5.69 Å². The molecule has 1 N–H and O–H groups in total. The van der Waals surface area contributed by atoms with Gasteiger partial charge < -0.3 is 4.74 Å². The SMILES string of the molecule is CCCn1c(SCc2cc([N+](=O)[O-])ccc2OC)n[nH]c1=O. The lowest BCUT2D eigenvalue weighted by Gasteiger charge is -2.08. The molecule has 0 spiro atoms. The van der Waals surface area contributed by atoms with E-state index in [0.29, 0.717) is 28.8 Å². The second-order valence-electron chi connectivity index (χ2n) is 4.50. The number of nitro groups is 1. The van der Waals surface area contributed by atoms with Crippen LogP contribution in [-0.4, -0.2) is 26.8 Å². The van der Waals surface area contributed by atoms with E-state index < -0.39 is 4.92 Å². The fourth-order valence-electron chi connectivity index (χ4n) is 1.97. The van der Waals surface area contributed by atoms with Crippen LogP contribution in [-0.2, 0) is 12.3 Å². The van der Waals surface area contributed by atoms with Crippen molar-refractivity contribution in [3.63, 3.8) is 0 Å². The molecule has 1 aromatic carbocycles. The molecule has 0 saturated carbocycles. The third-order valence-corrected chi connectivity index (χ3v) is 4.03. The number of H-pyrrole nitrogens is 1. The minimum Gasteiger partial charge on any atom is -0.496 e. The molecule has 0 bridgehead atoms. The predicted molar refractivity (Wildman–Crippen MR) is 82.3 cm³/mol. The molecule has 0 aliphatic carbocycles. The van der Waals surface area contributed by atoms with Gasteiger partial charge in [-0.05, 0) is 12.5 Å². The first-order chi connectivity index (χ1) is 10.6. The number of non-ortho nitro benzene ring substituents is 1. The molecule has 22 heavy (non-hydrogen) atoms. The van der Waals surface area contributed by atoms with Crippen LogP contribution in [0.4, 0.5) is 5.69 Å². The molecular weight excluding hydrogens is 308 g/mol. The van der Waals surface area contributed by atoms with Crippen LogP contribution < -0.4 is 10.4 Å². The largest absolute Gasteiger partial charge is 0.496 e. The Morgan fingerprint density at radius 1 is 1.50 bits per heavy atom. The molecule has 2 rings (SSSR count). The molecule has 0 fully saturated rings. The highest BCUT2D eigenvalue weighted by Gasteiger charge is 2.14. The Kier molecular flexibility index (Phi) is 5.21. The standard InChI is InChI=1S/C13H16N4O4S/c1-3-6-16-12(18)14-15-13(16)22-8-9-7-10(17(19)20)4-5-11(9)21-2/h4-5,7H,3,6,8H2,1-2H3,(H,14,18). The molecule has 8 nitrogen and oxygen atoms in total. The molecule has 0 saturated heterocycles. The number of methoxy groups -OCH3 is 1. The Hall–Kier alpha value is -2.29. The van der Waals surface area contributed by atoms with Crippen molar-refractivity contribution in [3.05, 3.63) is 44.4 Å². The van der Waals surface area contributed by atoms with Crippen molar-refractivity contribution in [2.75, 3.05) is 7.11 Å². The Morgan fingerprint density at radius 2 is 2.27 bits per heavy atom. The smallest absolute Gasteiger partial charge is 0.343 e. The van der Waals surface area contributed by atoms with E-state index in [2.05, 4.69) is 10.2 Å². The first-order valence-electron chi connectivity index (χ1n) is 6.66. The monoisotopic (exact) mass is 324 g/mol. The van der Waals surface area contributed by atoms with Gasteiger partial charge in [-0.3, -0.25) is 14.7 Å². The molecule has 118 valence electrons. The van der Waals surface area contributed by atoms with E-state index >= 15 is 0 Å². The van der Waals surface area contributed by atoms with Gasteiger partial charge in [0, 0.05) is 30.0 Å². The quantitative estimate of drug-likeness (QED) is 0.476. The number of aromatic amines is 1. The summed E-state index contributed by atoms with van der Waals surface area (Å²) in [7, 11) is 1.51. The summed E-state index contributed by atoms with van der Waals surface area (Å²) >= 11 is 1.33. The maximum absolute atomic E-state index is 11.6. The lowest BCUT2D eigenvalue weighted by atomic mass is 10.2. The summed E-state index contributed by atoms with van der Waals surface area (Å²) in [5, 5.41) is 17.8. The third kappa shape index (κ3) is 3.48. The second kappa shape index (κ2) is 7.12. The zero-order valence-electron chi connectivity index (χ0n) is 12.2. The molecule has 0 radical (unpaired) electrons. The van der Waals surface area contributed by atoms with E-state index in [1.165, 1.54) is 31.0 Å². The highest BCUT2D eigenvalue weighted by atomic mass is 32.2. The summed E-state index contributed by atoms with van der Waals surface area (Å²) in [6.07, 6.45) is 0.813. The lowest BCUT2D eigenvalue weighted by molar-refractivity contribution is -0.384. The van der Waals surface area contributed by atoms with Crippen LogP contribution >= 0.6 is 11.8 Å². The molecule has 0 amide bonds. The summed E-state index contributed by atoms with van der Waals surface area (Å²) in [4.78, 5) is 22.0. The average molecular weight is 324 g/mol. The molecular formula is C13H16N4O4S. The Balaban J connectivity index is 2.22. The van der Waals surface area contributed by atoms with Crippen molar-refractivity contribution in [1.29, 1.82) is 0 Å². The fourth-order valence-corrected chi connectivity index (χ4v) is 2.92. The van der Waals surface area contributed by atoms with E-state index in [1.54, 1.807) is 10.6 Å². The van der Waals surface area contributed by atoms with Crippen molar-refractivity contribution in [1.82, 2.24) is 14.8 Å². The van der Waals surface area contributed by atoms with Gasteiger partial charge in [0.15, 0.2) is 5.16 Å². The van der Waals surface area contributed by atoms with Gasteiger partial charge in [0.05, 0.1) is 12.0 Å². The number of aromatic nitrogens is 3. The van der Waals surface area contributed by atoms with Crippen molar-refractivity contribution >= 4 is 17.4 Å². The van der Waals surface area contributed by atoms with Gasteiger partial charge in [-0.1, -0.05) is 18.7 Å². The van der Waals surface area contributed by atoms with Gasteiger partial charge in [-0.25, -0.2) is 9.89 Å². The van der Waals surface area contributed by atoms with E-state index in [4.69, 9.17) is 4.74 Å². The highest BCUT2D eigenvalue weighted by molar-refractivity contribution is 7.98. The molecule has 1 heterocycles. The number of ether oxygens (including phenoxy) is 1. The minimum atomic E-state index is -0.449. The molecule has 1 aromatic heterocycles. The zero-order valence-corrected chi connectivity index (χ0v) is 13.1. The topological polar surface area (TPSA) is 103 Å². The van der Waals surface area contributed by atoms with E-state index in [-0.39, 0.29) is 11.4 Å². The second-order valence-corrected chi connectivity index (χ2v) is 5.45. The van der Waals surface area contributed by atoms with Gasteiger partial charge in [0.2, 0.25) is 0 Å². The Morgan fingerprint density at radius 3 is 2.91 bits per heavy atom. The van der Waals surface area contributed by atoms with Crippen LogP contribution in [0.15, 0.2) is 28.2 Å². The summed E-state index contributed by atoms with van der Waals surface area (Å²) in [5.41, 5.74) is 0.430. The summed E-state index contributed by atoms with van der Waals surface area (Å²) in [6, 6.07) is 4.44. The van der Waals surface area contributed by atoms with Crippen LogP contribution in [0, 0.1) is 10.1 Å². The zero-order chi connectivity index (χ0) is 16.1. The number of benzene rings is 1. The number of rotatable bonds is 7. The number of thioether (sulfide) groups is 1. The number of hydrogen-bond donors (Lipinski definition) is 1. The van der Waals surface area contributed by atoms with Crippen LogP contribution in [0.5, 0.6) is 5.75 Å². The van der Waals surface area contributed by atoms with Gasteiger partial charge in [-0.2, -0.15) is 0 Å². The normalized spacial score (nSPS) is 10.6. The predicted octanol–water partition coefficient (Wildman–Crippen LogP) is 2.19. The van der Waals surface area contributed by atoms with E-state index in [1.807, 2.05) is 6.92 Å². The first-order valence-corrected chi connectivity index (χ1v) is 7.64. The first kappa shape index (κ1) is 16.1. The minimum absolute atomic E-state index is 0.00405. The van der Waals surface area contributed by atoms with Crippen molar-refractivity contribution < 1.29 is 9.66 Å². The lowest BCUT2D eigenvalue weighted by Crippen LogP contribution is -2.17. The highest BCUT2D eigenvalue weighted by Crippen LogP contribution is 2.29. The van der Waals surface area contributed by atoms with E-state index in [0.717, 1.165) is 6.42 Å². The number of nitrogens with zero attached hydrogens (tertiary/aromatic N) is 3. The van der Waals surface area contributed by atoms with Crippen LogP contribution in [0.3, 0.4) is 0 Å². The third-order valence-electron chi connectivity index (χ3n) is 3.00. The fraction of sp³-hybridized carbons (Fsp3) is 0.385. The average Bonchev–Trinajstić information content (AvgIpc) is 2.86. The molecule has 0 aliphatic heterocycles. The van der Waals surface area contributed by atoms with E-state index in [9.17, 15) is 14.9 Å². The summed E-state index contributed by atoms with van der Waals surface area (Å²) in [5.74, 6) is 0.983. The van der Waals surface area contributed by atoms with Gasteiger partial charge in [-0.15, -0.1) is 5.10 Å². The molecule has 9 heteroatoms. The molecule has 2 aromatic rings. The molecule has 0 unspecified atom stereocenters. The van der Waals surface area contributed by atoms with Crippen LogP contribution in [0.1, 0.15) is 18.9 Å². The van der Waals surface area contributed by atoms with Crippen LogP contribution in [0.2, 0.25) is 0 Å². The number of hydrogen-bond acceptors (Lipinski definition) is 6. The van der Waals surface area contributed by atoms with Crippen LogP contribution in [0.25, 0.3) is 0 Å². The maximum atomic E-state index is 11.6. The summed E-state index contributed by atoms with van der Waals surface area (Å²) in [6.45, 7) is 2.54. The van der Waals surface area contributed by atoms with Gasteiger partial charge in [0.1, 0.15) is 5.75 Å². The Bertz CT molecular complexity index is 725. The van der Waals surface area contributed by atoms with Crippen molar-refractivity contribution in [2.24, 2.45) is 0 Å². The molecule has 0 aliphatic rings. The van der Waals surface area contributed by atoms with Gasteiger partial charge in [0.25, 0.3) is 5.69 Å². The maximum Gasteiger partial charge on any atom is 0.343 e. The summed E-state index contributed by atoms with van der Waals surface area (Å²) < 4.78 is 6.77. The number of nitrogens with one attached hydrogen (secondary N) is 1. The van der Waals surface area contributed by atoms with Crippen molar-refractivity contribution in [2.45, 2.75) is 30.8 Å². The Labute approximate surface area is 130 Å². The number of nitro benzene ring substituents is 1. The van der Waals surface area contributed by atoms with Crippen molar-refractivity contribution in [3.8, 4) is 5.75 Å².